The number of hydrazine groups is 1. The van der Waals surface area contributed by atoms with Gasteiger partial charge in [-0.3, -0.25) is 25.2 Å². The normalized spacial score (nSPS) is 11.4. The summed E-state index contributed by atoms with van der Waals surface area (Å²) in [4.78, 5) is 36.9. The maximum atomic E-state index is 12.3. The van der Waals surface area contributed by atoms with E-state index in [9.17, 15) is 14.4 Å². The standard InChI is InChI=1S/C21H26N4O3/c1-14-10-15(2)20(16(3)11-14)22-18(26)12-25(4)13-19(27)23-24-21(28)17-8-6-5-7-9-17/h5-11H,12-13H2,1-4H3,(H,22,26)(H,23,27)(H,24,28)/p+1. The Hall–Kier alpha value is -3.19. The summed E-state index contributed by atoms with van der Waals surface area (Å²) < 4.78 is 0. The Morgan fingerprint density at radius 2 is 1.43 bits per heavy atom. The number of likely N-dealkylation sites (N-methyl/N-ethyl adjacent to an activating group) is 1. The number of nitrogens with one attached hydrogen (secondary N) is 4. The number of hydrogen-bond donors (Lipinski definition) is 4. The second-order valence-electron chi connectivity index (χ2n) is 7.00. The van der Waals surface area contributed by atoms with Crippen LogP contribution in [0.2, 0.25) is 0 Å². The molecule has 0 fully saturated rings. The lowest BCUT2D eigenvalue weighted by Gasteiger charge is -2.16. The summed E-state index contributed by atoms with van der Waals surface area (Å²) in [7, 11) is 1.74. The lowest BCUT2D eigenvalue weighted by atomic mass is 10.1. The van der Waals surface area contributed by atoms with E-state index in [1.807, 2.05) is 32.9 Å². The van der Waals surface area contributed by atoms with Gasteiger partial charge in [0.1, 0.15) is 0 Å². The van der Waals surface area contributed by atoms with Crippen molar-refractivity contribution < 1.29 is 19.3 Å². The highest BCUT2D eigenvalue weighted by Gasteiger charge is 2.16. The molecule has 2 rings (SSSR count). The van der Waals surface area contributed by atoms with Gasteiger partial charge in [-0.1, -0.05) is 35.9 Å². The summed E-state index contributed by atoms with van der Waals surface area (Å²) in [6.07, 6.45) is 0. The molecule has 0 aliphatic heterocycles. The molecule has 7 heteroatoms. The van der Waals surface area contributed by atoms with Crippen LogP contribution in [0.3, 0.4) is 0 Å². The lowest BCUT2D eigenvalue weighted by Crippen LogP contribution is -3.11. The first-order valence-electron chi connectivity index (χ1n) is 9.09. The number of rotatable bonds is 6. The van der Waals surface area contributed by atoms with E-state index in [1.54, 1.807) is 37.4 Å². The van der Waals surface area contributed by atoms with E-state index >= 15 is 0 Å². The monoisotopic (exact) mass is 383 g/mol. The molecule has 2 aromatic carbocycles. The first kappa shape index (κ1) is 21.1. The fraction of sp³-hybridized carbons (Fsp3) is 0.286. The predicted molar refractivity (Wildman–Crippen MR) is 108 cm³/mol. The molecule has 7 nitrogen and oxygen atoms in total. The van der Waals surface area contributed by atoms with Crippen molar-refractivity contribution >= 4 is 23.4 Å². The Labute approximate surface area is 165 Å². The van der Waals surface area contributed by atoms with Crippen molar-refractivity contribution in [2.75, 3.05) is 25.5 Å². The van der Waals surface area contributed by atoms with Crippen LogP contribution in [0.1, 0.15) is 27.0 Å². The van der Waals surface area contributed by atoms with Crippen LogP contribution in [0, 0.1) is 20.8 Å². The first-order valence-corrected chi connectivity index (χ1v) is 9.09. The van der Waals surface area contributed by atoms with E-state index in [4.69, 9.17) is 0 Å². The van der Waals surface area contributed by atoms with Crippen LogP contribution in [0.25, 0.3) is 0 Å². The summed E-state index contributed by atoms with van der Waals surface area (Å²) in [6, 6.07) is 12.6. The van der Waals surface area contributed by atoms with Crippen molar-refractivity contribution in [3.05, 3.63) is 64.7 Å². The van der Waals surface area contributed by atoms with Gasteiger partial charge in [0.2, 0.25) is 0 Å². The molecule has 0 aromatic heterocycles. The van der Waals surface area contributed by atoms with E-state index < -0.39 is 5.91 Å². The Morgan fingerprint density at radius 3 is 2.04 bits per heavy atom. The van der Waals surface area contributed by atoms with Gasteiger partial charge in [-0.15, -0.1) is 0 Å². The van der Waals surface area contributed by atoms with Crippen molar-refractivity contribution in [1.29, 1.82) is 0 Å². The quantitative estimate of drug-likeness (QED) is 0.548. The van der Waals surface area contributed by atoms with Crippen LogP contribution in [0.4, 0.5) is 5.69 Å². The Bertz CT molecular complexity index is 842. The number of hydrogen-bond acceptors (Lipinski definition) is 3. The van der Waals surface area contributed by atoms with Crippen molar-refractivity contribution in [2.45, 2.75) is 20.8 Å². The maximum Gasteiger partial charge on any atom is 0.293 e. The second kappa shape index (κ2) is 9.66. The molecule has 0 spiro atoms. The van der Waals surface area contributed by atoms with Crippen molar-refractivity contribution in [3.8, 4) is 0 Å². The highest BCUT2D eigenvalue weighted by molar-refractivity contribution is 5.95. The molecule has 2 aromatic rings. The molecule has 0 bridgehead atoms. The number of quaternary nitrogens is 1. The molecule has 0 saturated carbocycles. The minimum Gasteiger partial charge on any atom is -0.322 e. The number of benzene rings is 2. The van der Waals surface area contributed by atoms with Gasteiger partial charge in [-0.25, -0.2) is 0 Å². The summed E-state index contributed by atoms with van der Waals surface area (Å²) in [5.74, 6) is -0.944. The molecule has 1 unspecified atom stereocenters. The van der Waals surface area contributed by atoms with Crippen LogP contribution in [-0.2, 0) is 9.59 Å². The third-order valence-electron chi connectivity index (χ3n) is 4.22. The summed E-state index contributed by atoms with van der Waals surface area (Å²) in [6.45, 7) is 6.10. The SMILES string of the molecule is Cc1cc(C)c(NC(=O)C[NH+](C)CC(=O)NNC(=O)c2ccccc2)c(C)c1. The van der Waals surface area contributed by atoms with Gasteiger partial charge in [0, 0.05) is 11.3 Å². The zero-order chi connectivity index (χ0) is 20.7. The highest BCUT2D eigenvalue weighted by Crippen LogP contribution is 2.21. The number of carbonyl (C=O) groups excluding carboxylic acids is 3. The molecule has 1 atom stereocenters. The van der Waals surface area contributed by atoms with Crippen molar-refractivity contribution in [3.63, 3.8) is 0 Å². The van der Waals surface area contributed by atoms with Crippen LogP contribution in [0.5, 0.6) is 0 Å². The molecule has 148 valence electrons. The van der Waals surface area contributed by atoms with Crippen molar-refractivity contribution in [2.24, 2.45) is 0 Å². The Balaban J connectivity index is 1.79. The zero-order valence-corrected chi connectivity index (χ0v) is 16.7. The average molecular weight is 383 g/mol. The van der Waals surface area contributed by atoms with Gasteiger partial charge in [-0.05, 0) is 44.0 Å². The average Bonchev–Trinajstić information content (AvgIpc) is 2.63. The van der Waals surface area contributed by atoms with Gasteiger partial charge in [-0.2, -0.15) is 0 Å². The first-order chi connectivity index (χ1) is 13.3. The Kier molecular flexibility index (Phi) is 7.28. The topological polar surface area (TPSA) is 91.7 Å². The smallest absolute Gasteiger partial charge is 0.293 e. The van der Waals surface area contributed by atoms with E-state index in [-0.39, 0.29) is 24.9 Å². The van der Waals surface area contributed by atoms with Gasteiger partial charge in [0.05, 0.1) is 7.05 Å². The van der Waals surface area contributed by atoms with E-state index in [0.717, 1.165) is 22.4 Å². The summed E-state index contributed by atoms with van der Waals surface area (Å²) in [5.41, 5.74) is 9.14. The summed E-state index contributed by atoms with van der Waals surface area (Å²) >= 11 is 0. The molecule has 28 heavy (non-hydrogen) atoms. The van der Waals surface area contributed by atoms with Gasteiger partial charge < -0.3 is 10.2 Å². The molecule has 0 aliphatic carbocycles. The lowest BCUT2D eigenvalue weighted by molar-refractivity contribution is -0.862. The predicted octanol–water partition coefficient (Wildman–Crippen LogP) is 0.526. The molecular formula is C21H27N4O3+. The molecule has 0 heterocycles. The zero-order valence-electron chi connectivity index (χ0n) is 16.7. The molecular weight excluding hydrogens is 356 g/mol. The second-order valence-corrected chi connectivity index (χ2v) is 7.00. The molecule has 3 amide bonds. The third-order valence-corrected chi connectivity index (χ3v) is 4.22. The fourth-order valence-electron chi connectivity index (χ4n) is 3.00. The van der Waals surface area contributed by atoms with Crippen LogP contribution >= 0.6 is 0 Å². The van der Waals surface area contributed by atoms with Gasteiger partial charge in [0.15, 0.2) is 13.1 Å². The largest absolute Gasteiger partial charge is 0.322 e. The minimum absolute atomic E-state index is 0.0500. The number of amides is 3. The van der Waals surface area contributed by atoms with Crippen LogP contribution < -0.4 is 21.1 Å². The van der Waals surface area contributed by atoms with Crippen LogP contribution in [0.15, 0.2) is 42.5 Å². The minimum atomic E-state index is -0.394. The number of aryl methyl sites for hydroxylation is 3. The Morgan fingerprint density at radius 1 is 0.857 bits per heavy atom. The molecule has 0 saturated heterocycles. The third kappa shape index (κ3) is 6.21. The van der Waals surface area contributed by atoms with Gasteiger partial charge in [0.25, 0.3) is 17.7 Å². The van der Waals surface area contributed by atoms with Crippen molar-refractivity contribution in [1.82, 2.24) is 10.9 Å². The fourth-order valence-corrected chi connectivity index (χ4v) is 3.00. The number of carbonyl (C=O) groups is 3. The maximum absolute atomic E-state index is 12.3. The number of anilines is 1. The molecule has 0 aliphatic rings. The highest BCUT2D eigenvalue weighted by atomic mass is 16.2. The van der Waals surface area contributed by atoms with E-state index in [1.165, 1.54) is 0 Å². The van der Waals surface area contributed by atoms with E-state index in [2.05, 4.69) is 16.2 Å². The van der Waals surface area contributed by atoms with Crippen LogP contribution in [-0.4, -0.2) is 37.9 Å². The molecule has 4 N–H and O–H groups in total. The summed E-state index contributed by atoms with van der Waals surface area (Å²) in [5, 5.41) is 2.92. The molecule has 0 radical (unpaired) electrons. The van der Waals surface area contributed by atoms with Gasteiger partial charge >= 0.3 is 0 Å². The van der Waals surface area contributed by atoms with E-state index in [0.29, 0.717) is 10.5 Å².